The number of nitrogens with one attached hydrogen (secondary N) is 1. The number of carbonyl (C=O) groups is 1. The molecule has 3 rings (SSSR count). The molecular formula is C17H16N6O4. The molecule has 0 bridgehead atoms. The van der Waals surface area contributed by atoms with Crippen LogP contribution in [-0.4, -0.2) is 38.1 Å². The molecule has 3 aromatic rings. The zero-order chi connectivity index (χ0) is 19.4. The fourth-order valence-corrected chi connectivity index (χ4v) is 2.35. The van der Waals surface area contributed by atoms with Crippen LogP contribution in [0.1, 0.15) is 5.56 Å². The van der Waals surface area contributed by atoms with E-state index >= 15 is 0 Å². The van der Waals surface area contributed by atoms with Crippen LogP contribution >= 0.6 is 0 Å². The van der Waals surface area contributed by atoms with Crippen molar-refractivity contribution in [2.75, 3.05) is 12.4 Å². The van der Waals surface area contributed by atoms with Gasteiger partial charge in [-0.25, -0.2) is 0 Å². The Hall–Kier alpha value is -3.82. The smallest absolute Gasteiger partial charge is 0.271 e. The molecule has 0 aliphatic carbocycles. The first-order chi connectivity index (χ1) is 13.0. The van der Waals surface area contributed by atoms with Gasteiger partial charge in [0.25, 0.3) is 5.69 Å². The summed E-state index contributed by atoms with van der Waals surface area (Å²) in [5.41, 5.74) is 1.92. The molecule has 0 radical (unpaired) electrons. The Labute approximate surface area is 153 Å². The van der Waals surface area contributed by atoms with Crippen molar-refractivity contribution in [1.82, 2.24) is 20.2 Å². The number of nitro groups is 1. The molecule has 0 spiro atoms. The van der Waals surface area contributed by atoms with Crippen molar-refractivity contribution < 1.29 is 14.5 Å². The molecule has 2 aromatic carbocycles. The SMILES string of the molecule is COc1ccc([N+](=O)[O-])cc1NC(=O)Cn1nnc(-c2ccc(C)cc2)n1. The molecule has 0 saturated heterocycles. The van der Waals surface area contributed by atoms with Gasteiger partial charge in [0.1, 0.15) is 12.3 Å². The van der Waals surface area contributed by atoms with Gasteiger partial charge in [-0.3, -0.25) is 14.9 Å². The monoisotopic (exact) mass is 368 g/mol. The van der Waals surface area contributed by atoms with Crippen molar-refractivity contribution in [2.45, 2.75) is 13.5 Å². The fourth-order valence-electron chi connectivity index (χ4n) is 2.35. The van der Waals surface area contributed by atoms with Crippen LogP contribution in [0.3, 0.4) is 0 Å². The highest BCUT2D eigenvalue weighted by Gasteiger charge is 2.15. The van der Waals surface area contributed by atoms with Gasteiger partial charge in [0.05, 0.1) is 17.7 Å². The first-order valence-corrected chi connectivity index (χ1v) is 7.93. The highest BCUT2D eigenvalue weighted by molar-refractivity contribution is 5.92. The molecule has 1 aromatic heterocycles. The minimum absolute atomic E-state index is 0.161. The maximum Gasteiger partial charge on any atom is 0.271 e. The van der Waals surface area contributed by atoms with Crippen LogP contribution in [0.25, 0.3) is 11.4 Å². The second-order valence-electron chi connectivity index (χ2n) is 5.70. The van der Waals surface area contributed by atoms with Gasteiger partial charge in [-0.2, -0.15) is 4.80 Å². The molecule has 27 heavy (non-hydrogen) atoms. The standard InChI is InChI=1S/C17H16N6O4/c1-11-3-5-12(6-4-11)17-19-21-22(20-17)10-16(24)18-14-9-13(23(25)26)7-8-15(14)27-2/h3-9H,10H2,1-2H3,(H,18,24). The lowest BCUT2D eigenvalue weighted by molar-refractivity contribution is -0.384. The number of anilines is 1. The summed E-state index contributed by atoms with van der Waals surface area (Å²) in [5.74, 6) is 0.234. The number of ether oxygens (including phenoxy) is 1. The zero-order valence-corrected chi connectivity index (χ0v) is 14.6. The molecule has 10 nitrogen and oxygen atoms in total. The van der Waals surface area contributed by atoms with Gasteiger partial charge in [0.15, 0.2) is 0 Å². The highest BCUT2D eigenvalue weighted by Crippen LogP contribution is 2.28. The number of nitro benzene ring substituents is 1. The molecule has 0 unspecified atom stereocenters. The Kier molecular flexibility index (Phi) is 5.06. The summed E-state index contributed by atoms with van der Waals surface area (Å²) in [6, 6.07) is 11.5. The average Bonchev–Trinajstić information content (AvgIpc) is 3.10. The minimum atomic E-state index is -0.554. The Balaban J connectivity index is 1.72. The number of carbonyl (C=O) groups excluding carboxylic acids is 1. The number of aromatic nitrogens is 4. The first kappa shape index (κ1) is 18.0. The molecule has 10 heteroatoms. The number of hydrogen-bond donors (Lipinski definition) is 1. The lowest BCUT2D eigenvalue weighted by Crippen LogP contribution is -2.20. The van der Waals surface area contributed by atoms with Crippen molar-refractivity contribution in [2.24, 2.45) is 0 Å². The summed E-state index contributed by atoms with van der Waals surface area (Å²) in [5, 5.41) is 25.4. The van der Waals surface area contributed by atoms with Crippen molar-refractivity contribution in [3.8, 4) is 17.1 Å². The molecule has 0 fully saturated rings. The molecule has 0 atom stereocenters. The number of aryl methyl sites for hydroxylation is 1. The van der Waals surface area contributed by atoms with Gasteiger partial charge < -0.3 is 10.1 Å². The van der Waals surface area contributed by atoms with Gasteiger partial charge in [-0.05, 0) is 18.2 Å². The minimum Gasteiger partial charge on any atom is -0.495 e. The van der Waals surface area contributed by atoms with Gasteiger partial charge in [0.2, 0.25) is 11.7 Å². The van der Waals surface area contributed by atoms with Gasteiger partial charge in [0, 0.05) is 17.7 Å². The summed E-state index contributed by atoms with van der Waals surface area (Å²) in [4.78, 5) is 23.8. The lowest BCUT2D eigenvalue weighted by Gasteiger charge is -2.09. The number of benzene rings is 2. The van der Waals surface area contributed by atoms with E-state index in [1.165, 1.54) is 25.3 Å². The van der Waals surface area contributed by atoms with Crippen molar-refractivity contribution in [3.63, 3.8) is 0 Å². The maximum absolute atomic E-state index is 12.3. The van der Waals surface area contributed by atoms with Crippen LogP contribution in [0.4, 0.5) is 11.4 Å². The molecule has 1 N–H and O–H groups in total. The highest BCUT2D eigenvalue weighted by atomic mass is 16.6. The van der Waals surface area contributed by atoms with E-state index in [4.69, 9.17) is 4.74 Å². The van der Waals surface area contributed by atoms with E-state index in [-0.39, 0.29) is 17.9 Å². The number of nitrogens with zero attached hydrogens (tertiary/aromatic N) is 5. The Morgan fingerprint density at radius 1 is 1.26 bits per heavy atom. The number of rotatable bonds is 6. The van der Waals surface area contributed by atoms with Crippen molar-refractivity contribution >= 4 is 17.3 Å². The largest absolute Gasteiger partial charge is 0.495 e. The van der Waals surface area contributed by atoms with E-state index in [9.17, 15) is 14.9 Å². The Morgan fingerprint density at radius 2 is 2.00 bits per heavy atom. The number of hydrogen-bond acceptors (Lipinski definition) is 7. The summed E-state index contributed by atoms with van der Waals surface area (Å²) >= 11 is 0. The Morgan fingerprint density at radius 3 is 2.67 bits per heavy atom. The molecular weight excluding hydrogens is 352 g/mol. The third-order valence-corrected chi connectivity index (χ3v) is 3.72. The van der Waals surface area contributed by atoms with E-state index in [2.05, 4.69) is 20.7 Å². The summed E-state index contributed by atoms with van der Waals surface area (Å²) in [6.45, 7) is 1.77. The molecule has 1 amide bonds. The topological polar surface area (TPSA) is 125 Å². The predicted octanol–water partition coefficient (Wildman–Crippen LogP) is 2.20. The second kappa shape index (κ2) is 7.60. The van der Waals surface area contributed by atoms with Crippen molar-refractivity contribution in [1.29, 1.82) is 0 Å². The van der Waals surface area contributed by atoms with E-state index in [1.807, 2.05) is 31.2 Å². The summed E-state index contributed by atoms with van der Waals surface area (Å²) < 4.78 is 5.12. The van der Waals surface area contributed by atoms with Crippen LogP contribution < -0.4 is 10.1 Å². The van der Waals surface area contributed by atoms with E-state index in [0.717, 1.165) is 15.9 Å². The second-order valence-corrected chi connectivity index (χ2v) is 5.70. The van der Waals surface area contributed by atoms with E-state index in [1.54, 1.807) is 0 Å². The predicted molar refractivity (Wildman–Crippen MR) is 96.3 cm³/mol. The molecule has 0 aliphatic rings. The summed E-state index contributed by atoms with van der Waals surface area (Å²) in [6.07, 6.45) is 0. The quantitative estimate of drug-likeness (QED) is 0.522. The van der Waals surface area contributed by atoms with Gasteiger partial charge in [-0.1, -0.05) is 29.8 Å². The van der Waals surface area contributed by atoms with Crippen LogP contribution in [-0.2, 0) is 11.3 Å². The number of non-ortho nitro benzene ring substituents is 1. The van der Waals surface area contributed by atoms with E-state index in [0.29, 0.717) is 11.6 Å². The summed E-state index contributed by atoms with van der Waals surface area (Å²) in [7, 11) is 1.41. The molecule has 138 valence electrons. The van der Waals surface area contributed by atoms with Gasteiger partial charge in [-0.15, -0.1) is 10.2 Å². The number of methoxy groups -OCH3 is 1. The zero-order valence-electron chi connectivity index (χ0n) is 14.6. The molecule has 1 heterocycles. The third kappa shape index (κ3) is 4.24. The molecule has 0 saturated carbocycles. The average molecular weight is 368 g/mol. The normalized spacial score (nSPS) is 10.4. The lowest BCUT2D eigenvalue weighted by atomic mass is 10.1. The maximum atomic E-state index is 12.3. The molecule has 0 aliphatic heterocycles. The van der Waals surface area contributed by atoms with Crippen LogP contribution in [0, 0.1) is 17.0 Å². The van der Waals surface area contributed by atoms with E-state index < -0.39 is 10.8 Å². The van der Waals surface area contributed by atoms with Crippen LogP contribution in [0.15, 0.2) is 42.5 Å². The first-order valence-electron chi connectivity index (χ1n) is 7.93. The third-order valence-electron chi connectivity index (χ3n) is 3.72. The Bertz CT molecular complexity index is 983. The number of amides is 1. The van der Waals surface area contributed by atoms with Crippen molar-refractivity contribution in [3.05, 3.63) is 58.1 Å². The fraction of sp³-hybridized carbons (Fsp3) is 0.176. The number of tetrazole rings is 1. The van der Waals surface area contributed by atoms with Crippen LogP contribution in [0.5, 0.6) is 5.75 Å². The van der Waals surface area contributed by atoms with Gasteiger partial charge >= 0.3 is 0 Å². The van der Waals surface area contributed by atoms with Crippen LogP contribution in [0.2, 0.25) is 0 Å².